The number of hydrogen-bond acceptors (Lipinski definition) is 3. The van der Waals surface area contributed by atoms with Gasteiger partial charge in [0.1, 0.15) is 11.5 Å². The van der Waals surface area contributed by atoms with Crippen LogP contribution in [0.25, 0.3) is 0 Å². The summed E-state index contributed by atoms with van der Waals surface area (Å²) in [5.74, 6) is 2.70. The quantitative estimate of drug-likeness (QED) is 0.464. The Bertz CT molecular complexity index is 577. The minimum Gasteiger partial charge on any atom is -0.508 e. The summed E-state index contributed by atoms with van der Waals surface area (Å²) >= 11 is 0. The van der Waals surface area contributed by atoms with Gasteiger partial charge in [-0.25, -0.2) is 0 Å². The zero-order valence-corrected chi connectivity index (χ0v) is 11.4. The van der Waals surface area contributed by atoms with Gasteiger partial charge in [-0.1, -0.05) is 48.5 Å². The van der Waals surface area contributed by atoms with Crippen LogP contribution in [0, 0.1) is 0 Å². The first-order chi connectivity index (χ1) is 10.3. The predicted octanol–water partition coefficient (Wildman–Crippen LogP) is 4.58. The van der Waals surface area contributed by atoms with E-state index in [4.69, 9.17) is 14.9 Å². The smallest absolute Gasteiger partial charge is 0.170 e. The van der Waals surface area contributed by atoms with Crippen LogP contribution in [-0.2, 0) is 0 Å². The van der Waals surface area contributed by atoms with E-state index >= 15 is 0 Å². The molecule has 0 bridgehead atoms. The molecule has 1 aliphatic rings. The largest absolute Gasteiger partial charge is 0.508 e. The molecule has 3 aromatic carbocycles. The Balaban J connectivity index is 0.000000115. The number of fused-ring (bicyclic) bond motifs is 1. The molecule has 3 nitrogen and oxygen atoms in total. The van der Waals surface area contributed by atoms with Gasteiger partial charge in [-0.05, 0) is 36.4 Å². The first kappa shape index (κ1) is 14.5. The third-order valence-corrected chi connectivity index (χ3v) is 2.54. The molecule has 0 aromatic heterocycles. The van der Waals surface area contributed by atoms with Gasteiger partial charge >= 0.3 is 0 Å². The summed E-state index contributed by atoms with van der Waals surface area (Å²) in [6.07, 6.45) is 0. The molecule has 0 radical (unpaired) electrons. The molecule has 0 aliphatic carbocycles. The molecular formula is C18H16O3. The van der Waals surface area contributed by atoms with Crippen LogP contribution in [0.5, 0.6) is 23.0 Å². The van der Waals surface area contributed by atoms with Crippen LogP contribution in [0.1, 0.15) is 0 Å². The molecule has 0 amide bonds. The van der Waals surface area contributed by atoms with Crippen molar-refractivity contribution in [2.45, 2.75) is 0 Å². The van der Waals surface area contributed by atoms with Crippen molar-refractivity contribution >= 4 is 0 Å². The number of phenols is 2. The van der Waals surface area contributed by atoms with Crippen LogP contribution in [-0.4, -0.2) is 10.2 Å². The van der Waals surface area contributed by atoms with Crippen LogP contribution in [0.4, 0.5) is 0 Å². The van der Waals surface area contributed by atoms with Crippen LogP contribution >= 0.6 is 0 Å². The monoisotopic (exact) mass is 280 g/mol. The van der Waals surface area contributed by atoms with E-state index < -0.39 is 0 Å². The van der Waals surface area contributed by atoms with Gasteiger partial charge in [0.25, 0.3) is 0 Å². The molecule has 21 heavy (non-hydrogen) atoms. The summed E-state index contributed by atoms with van der Waals surface area (Å²) in [7, 11) is 0. The summed E-state index contributed by atoms with van der Waals surface area (Å²) in [5, 5.41) is 17.3. The Labute approximate surface area is 123 Å². The summed E-state index contributed by atoms with van der Waals surface area (Å²) in [5.41, 5.74) is 0. The van der Waals surface area contributed by atoms with Crippen LogP contribution in [0.3, 0.4) is 0 Å². The van der Waals surface area contributed by atoms with Crippen molar-refractivity contribution in [3.05, 3.63) is 84.9 Å². The lowest BCUT2D eigenvalue weighted by atomic mass is 10.3. The first-order valence-corrected chi connectivity index (χ1v) is 6.50. The highest BCUT2D eigenvalue weighted by molar-refractivity contribution is 5.53. The number of benzene rings is 3. The molecule has 1 aliphatic heterocycles. The fourth-order valence-electron chi connectivity index (χ4n) is 1.47. The number of aromatic hydroxyl groups is 2. The zero-order valence-electron chi connectivity index (χ0n) is 11.4. The van der Waals surface area contributed by atoms with Crippen molar-refractivity contribution in [1.82, 2.24) is 0 Å². The van der Waals surface area contributed by atoms with Gasteiger partial charge in [-0.15, -0.1) is 0 Å². The molecule has 1 heterocycles. The van der Waals surface area contributed by atoms with Gasteiger partial charge in [0, 0.05) is 0 Å². The number of ether oxygens (including phenoxy) is 1. The Kier molecular flexibility index (Phi) is 5.24. The topological polar surface area (TPSA) is 53.0 Å². The van der Waals surface area contributed by atoms with Crippen molar-refractivity contribution in [2.75, 3.05) is 0 Å². The molecular weight excluding hydrogens is 264 g/mol. The Morgan fingerprint density at radius 2 is 0.810 bits per heavy atom. The summed E-state index contributed by atoms with van der Waals surface area (Å²) in [6.45, 7) is 0. The van der Waals surface area contributed by atoms with E-state index in [9.17, 15) is 0 Å². The van der Waals surface area contributed by atoms with E-state index in [1.165, 1.54) is 0 Å². The average Bonchev–Trinajstić information content (AvgIpc) is 3.29. The van der Waals surface area contributed by atoms with Gasteiger partial charge in [-0.3, -0.25) is 0 Å². The molecule has 4 rings (SSSR count). The maximum absolute atomic E-state index is 8.63. The predicted molar refractivity (Wildman–Crippen MR) is 82.7 cm³/mol. The number of hydrogen-bond donors (Lipinski definition) is 2. The Morgan fingerprint density at radius 1 is 0.476 bits per heavy atom. The highest BCUT2D eigenvalue weighted by Crippen LogP contribution is 2.43. The van der Waals surface area contributed by atoms with Crippen molar-refractivity contribution < 1.29 is 14.9 Å². The van der Waals surface area contributed by atoms with Gasteiger partial charge < -0.3 is 14.9 Å². The lowest BCUT2D eigenvalue weighted by Crippen LogP contribution is -1.56. The normalized spacial score (nSPS) is 9.71. The minimum absolute atomic E-state index is 0.322. The lowest BCUT2D eigenvalue weighted by Gasteiger charge is -1.82. The molecule has 3 aromatic rings. The molecule has 2 N–H and O–H groups in total. The summed E-state index contributed by atoms with van der Waals surface area (Å²) in [4.78, 5) is 0. The molecule has 0 saturated carbocycles. The SMILES string of the molecule is Oc1ccccc1.Oc1ccccc1.c1ccc2c(c1)O2. The van der Waals surface area contributed by atoms with E-state index in [1.54, 1.807) is 48.5 Å². The third kappa shape index (κ3) is 5.70. The van der Waals surface area contributed by atoms with Gasteiger partial charge in [-0.2, -0.15) is 0 Å². The molecule has 0 fully saturated rings. The minimum atomic E-state index is 0.322. The van der Waals surface area contributed by atoms with E-state index in [1.807, 2.05) is 36.4 Å². The molecule has 0 spiro atoms. The number of phenolic OH excluding ortho intramolecular Hbond substituents is 2. The van der Waals surface area contributed by atoms with E-state index in [2.05, 4.69) is 0 Å². The fourth-order valence-corrected chi connectivity index (χ4v) is 1.47. The first-order valence-electron chi connectivity index (χ1n) is 6.50. The maximum Gasteiger partial charge on any atom is 0.170 e. The van der Waals surface area contributed by atoms with E-state index in [0.717, 1.165) is 11.5 Å². The van der Waals surface area contributed by atoms with Crippen molar-refractivity contribution in [3.8, 4) is 23.0 Å². The lowest BCUT2D eigenvalue weighted by molar-refractivity contribution is 0.475. The molecule has 0 unspecified atom stereocenters. The second-order valence-electron chi connectivity index (χ2n) is 4.22. The second-order valence-corrected chi connectivity index (χ2v) is 4.22. The van der Waals surface area contributed by atoms with Crippen LogP contribution in [0.15, 0.2) is 84.9 Å². The fraction of sp³-hybridized carbons (Fsp3) is 0. The highest BCUT2D eigenvalue weighted by Gasteiger charge is 2.15. The van der Waals surface area contributed by atoms with E-state index in [0.29, 0.717) is 11.5 Å². The summed E-state index contributed by atoms with van der Waals surface area (Å²) < 4.78 is 4.94. The summed E-state index contributed by atoms with van der Waals surface area (Å²) in [6, 6.07) is 25.3. The van der Waals surface area contributed by atoms with Crippen LogP contribution in [0.2, 0.25) is 0 Å². The molecule has 0 saturated heterocycles. The van der Waals surface area contributed by atoms with Gasteiger partial charge in [0.05, 0.1) is 0 Å². The third-order valence-electron chi connectivity index (χ3n) is 2.54. The highest BCUT2D eigenvalue weighted by atomic mass is 16.6. The molecule has 3 heteroatoms. The standard InChI is InChI=1S/C6H4O.2C6H6O/c1-2-4-6-5(3-1)7-6;2*7-6-4-2-1-3-5-6/h1-4H;2*1-5,7H. The van der Waals surface area contributed by atoms with Crippen LogP contribution < -0.4 is 4.74 Å². The van der Waals surface area contributed by atoms with E-state index in [-0.39, 0.29) is 0 Å². The van der Waals surface area contributed by atoms with Gasteiger partial charge in [0.15, 0.2) is 11.5 Å². The molecule has 0 atom stereocenters. The second kappa shape index (κ2) is 7.60. The number of para-hydroxylation sites is 4. The Morgan fingerprint density at radius 3 is 1.05 bits per heavy atom. The van der Waals surface area contributed by atoms with Crippen molar-refractivity contribution in [2.24, 2.45) is 0 Å². The van der Waals surface area contributed by atoms with Gasteiger partial charge in [0.2, 0.25) is 0 Å². The maximum atomic E-state index is 8.63. The number of rotatable bonds is 0. The zero-order chi connectivity index (χ0) is 14.9. The average molecular weight is 280 g/mol. The van der Waals surface area contributed by atoms with Crippen molar-refractivity contribution in [1.29, 1.82) is 0 Å². The molecule has 106 valence electrons. The Hall–Kier alpha value is -2.94. The van der Waals surface area contributed by atoms with Crippen molar-refractivity contribution in [3.63, 3.8) is 0 Å².